The molecule has 1 aromatic heterocycles. The molecule has 1 saturated heterocycles. The van der Waals surface area contributed by atoms with Crippen LogP contribution in [-0.4, -0.2) is 36.8 Å². The molecule has 0 aliphatic carbocycles. The van der Waals surface area contributed by atoms with Gasteiger partial charge in [0.15, 0.2) is 5.82 Å². The third-order valence-corrected chi connectivity index (χ3v) is 2.96. The van der Waals surface area contributed by atoms with Gasteiger partial charge in [-0.15, -0.1) is 0 Å². The molecular weight excluding hydrogens is 218 g/mol. The van der Waals surface area contributed by atoms with Crippen molar-refractivity contribution in [2.45, 2.75) is 19.3 Å². The van der Waals surface area contributed by atoms with Gasteiger partial charge in [0, 0.05) is 32.2 Å². The van der Waals surface area contributed by atoms with Crippen LogP contribution in [0.25, 0.3) is 0 Å². The van der Waals surface area contributed by atoms with E-state index in [4.69, 9.17) is 9.47 Å². The second-order valence-corrected chi connectivity index (χ2v) is 4.21. The maximum Gasteiger partial charge on any atom is 0.257 e. The molecule has 1 aliphatic heterocycles. The molecule has 0 unspecified atom stereocenters. The van der Waals surface area contributed by atoms with Crippen LogP contribution in [0.5, 0.6) is 5.88 Å². The summed E-state index contributed by atoms with van der Waals surface area (Å²) in [5.74, 6) is 1.93. The van der Waals surface area contributed by atoms with Crippen LogP contribution in [0.15, 0.2) is 12.4 Å². The van der Waals surface area contributed by atoms with E-state index in [1.807, 2.05) is 0 Å². The van der Waals surface area contributed by atoms with Crippen LogP contribution in [0.2, 0.25) is 0 Å². The van der Waals surface area contributed by atoms with Crippen LogP contribution >= 0.6 is 0 Å². The number of methoxy groups -OCH3 is 1. The molecule has 2 heterocycles. The molecule has 0 bridgehead atoms. The lowest BCUT2D eigenvalue weighted by Gasteiger charge is -2.22. The van der Waals surface area contributed by atoms with Crippen LogP contribution in [0.4, 0.5) is 5.82 Å². The summed E-state index contributed by atoms with van der Waals surface area (Å²) < 4.78 is 10.6. The summed E-state index contributed by atoms with van der Waals surface area (Å²) in [4.78, 5) is 8.29. The third-order valence-electron chi connectivity index (χ3n) is 2.96. The van der Waals surface area contributed by atoms with Gasteiger partial charge in [-0.05, 0) is 25.2 Å². The Balaban J connectivity index is 1.77. The first-order chi connectivity index (χ1) is 8.40. The summed E-state index contributed by atoms with van der Waals surface area (Å²) in [5.41, 5.74) is 0. The van der Waals surface area contributed by atoms with Crippen LogP contribution in [0.1, 0.15) is 19.3 Å². The predicted octanol–water partition coefficient (Wildman–Crippen LogP) is 1.71. The molecule has 0 aromatic carbocycles. The van der Waals surface area contributed by atoms with Gasteiger partial charge in [0.05, 0.1) is 7.11 Å². The van der Waals surface area contributed by atoms with E-state index < -0.39 is 0 Å². The van der Waals surface area contributed by atoms with Gasteiger partial charge in [-0.2, -0.15) is 0 Å². The number of hydrogen-bond acceptors (Lipinski definition) is 5. The van der Waals surface area contributed by atoms with Gasteiger partial charge in [0.1, 0.15) is 0 Å². The Labute approximate surface area is 102 Å². The van der Waals surface area contributed by atoms with Crippen LogP contribution in [0.3, 0.4) is 0 Å². The standard InChI is InChI=1S/C12H19N3O2/c1-16-12-11(14-6-7-15-12)13-5-4-10-3-2-8-17-9-10/h6-7,10H,2-5,8-9H2,1H3,(H,13,14)/t10-/m1/s1. The minimum atomic E-state index is 0.549. The lowest BCUT2D eigenvalue weighted by molar-refractivity contribution is 0.0530. The van der Waals surface area contributed by atoms with Crippen molar-refractivity contribution in [1.82, 2.24) is 9.97 Å². The largest absolute Gasteiger partial charge is 0.478 e. The van der Waals surface area contributed by atoms with E-state index >= 15 is 0 Å². The van der Waals surface area contributed by atoms with Crippen molar-refractivity contribution in [2.24, 2.45) is 5.92 Å². The summed E-state index contributed by atoms with van der Waals surface area (Å²) in [6, 6.07) is 0. The van der Waals surface area contributed by atoms with Crippen molar-refractivity contribution in [3.63, 3.8) is 0 Å². The molecule has 1 N–H and O–H groups in total. The average Bonchev–Trinajstić information content (AvgIpc) is 2.40. The molecule has 5 heteroatoms. The lowest BCUT2D eigenvalue weighted by atomic mass is 9.99. The molecule has 0 amide bonds. The number of nitrogens with one attached hydrogen (secondary N) is 1. The first-order valence-corrected chi connectivity index (χ1v) is 6.06. The highest BCUT2D eigenvalue weighted by molar-refractivity contribution is 5.44. The molecule has 1 aromatic rings. The topological polar surface area (TPSA) is 56.3 Å². The second kappa shape index (κ2) is 6.39. The van der Waals surface area contributed by atoms with E-state index in [1.165, 1.54) is 12.8 Å². The molecule has 1 fully saturated rings. The lowest BCUT2D eigenvalue weighted by Crippen LogP contribution is -2.20. The fourth-order valence-electron chi connectivity index (χ4n) is 2.03. The zero-order valence-corrected chi connectivity index (χ0v) is 10.2. The summed E-state index contributed by atoms with van der Waals surface area (Å²) in [5, 5.41) is 3.26. The first-order valence-electron chi connectivity index (χ1n) is 6.06. The van der Waals surface area contributed by atoms with Gasteiger partial charge < -0.3 is 14.8 Å². The summed E-state index contributed by atoms with van der Waals surface area (Å²) in [6.07, 6.45) is 6.83. The molecule has 1 aliphatic rings. The molecule has 0 radical (unpaired) electrons. The zero-order chi connectivity index (χ0) is 11.9. The van der Waals surface area contributed by atoms with E-state index in [0.29, 0.717) is 17.6 Å². The van der Waals surface area contributed by atoms with Crippen LogP contribution in [0, 0.1) is 5.92 Å². The molecule has 5 nitrogen and oxygen atoms in total. The molecule has 17 heavy (non-hydrogen) atoms. The molecular formula is C12H19N3O2. The molecule has 1 atom stereocenters. The number of hydrogen-bond donors (Lipinski definition) is 1. The minimum absolute atomic E-state index is 0.549. The van der Waals surface area contributed by atoms with E-state index in [9.17, 15) is 0 Å². The van der Waals surface area contributed by atoms with Crippen molar-refractivity contribution >= 4 is 5.82 Å². The number of nitrogens with zero attached hydrogens (tertiary/aromatic N) is 2. The van der Waals surface area contributed by atoms with Gasteiger partial charge in [-0.1, -0.05) is 0 Å². The highest BCUT2D eigenvalue weighted by Crippen LogP contribution is 2.19. The third kappa shape index (κ3) is 3.56. The van der Waals surface area contributed by atoms with Gasteiger partial charge in [0.2, 0.25) is 0 Å². The van der Waals surface area contributed by atoms with E-state index in [2.05, 4.69) is 15.3 Å². The summed E-state index contributed by atoms with van der Waals surface area (Å²) >= 11 is 0. The maximum absolute atomic E-state index is 5.45. The summed E-state index contributed by atoms with van der Waals surface area (Å²) in [6.45, 7) is 2.68. The number of ether oxygens (including phenoxy) is 2. The van der Waals surface area contributed by atoms with Gasteiger partial charge in [0.25, 0.3) is 5.88 Å². The minimum Gasteiger partial charge on any atom is -0.478 e. The van der Waals surface area contributed by atoms with E-state index in [0.717, 1.165) is 26.2 Å². The van der Waals surface area contributed by atoms with Crippen LogP contribution < -0.4 is 10.1 Å². The normalized spacial score (nSPS) is 19.9. The fourth-order valence-corrected chi connectivity index (χ4v) is 2.03. The van der Waals surface area contributed by atoms with Crippen molar-refractivity contribution < 1.29 is 9.47 Å². The Hall–Kier alpha value is -1.36. The molecule has 94 valence electrons. The highest BCUT2D eigenvalue weighted by Gasteiger charge is 2.13. The molecule has 0 spiro atoms. The Morgan fingerprint density at radius 1 is 1.47 bits per heavy atom. The van der Waals surface area contributed by atoms with Crippen molar-refractivity contribution in [1.29, 1.82) is 0 Å². The Morgan fingerprint density at radius 2 is 2.35 bits per heavy atom. The second-order valence-electron chi connectivity index (χ2n) is 4.21. The Bertz CT molecular complexity index is 340. The van der Waals surface area contributed by atoms with Crippen molar-refractivity contribution in [3.05, 3.63) is 12.4 Å². The smallest absolute Gasteiger partial charge is 0.257 e. The zero-order valence-electron chi connectivity index (χ0n) is 10.2. The van der Waals surface area contributed by atoms with Gasteiger partial charge in [-0.25, -0.2) is 9.97 Å². The quantitative estimate of drug-likeness (QED) is 0.845. The van der Waals surface area contributed by atoms with Crippen LogP contribution in [-0.2, 0) is 4.74 Å². The Kier molecular flexibility index (Phi) is 4.55. The highest BCUT2D eigenvalue weighted by atomic mass is 16.5. The number of rotatable bonds is 5. The van der Waals surface area contributed by atoms with Crippen molar-refractivity contribution in [2.75, 3.05) is 32.2 Å². The SMILES string of the molecule is COc1nccnc1NCC[C@H]1CCCOC1. The molecule has 2 rings (SSSR count). The predicted molar refractivity (Wildman–Crippen MR) is 65.2 cm³/mol. The number of anilines is 1. The van der Waals surface area contributed by atoms with E-state index in [-0.39, 0.29) is 0 Å². The van der Waals surface area contributed by atoms with Gasteiger partial charge in [-0.3, -0.25) is 0 Å². The Morgan fingerprint density at radius 3 is 3.12 bits per heavy atom. The first kappa shape index (κ1) is 12.1. The fraction of sp³-hybridized carbons (Fsp3) is 0.667. The summed E-state index contributed by atoms with van der Waals surface area (Å²) in [7, 11) is 1.60. The van der Waals surface area contributed by atoms with E-state index in [1.54, 1.807) is 19.5 Å². The average molecular weight is 237 g/mol. The monoisotopic (exact) mass is 237 g/mol. The number of aromatic nitrogens is 2. The molecule has 0 saturated carbocycles. The maximum atomic E-state index is 5.45. The van der Waals surface area contributed by atoms with Crippen molar-refractivity contribution in [3.8, 4) is 5.88 Å². The van der Waals surface area contributed by atoms with Gasteiger partial charge >= 0.3 is 0 Å².